The van der Waals surface area contributed by atoms with Crippen molar-refractivity contribution in [3.8, 4) is 22.9 Å². The van der Waals surface area contributed by atoms with E-state index in [0.717, 1.165) is 22.3 Å². The summed E-state index contributed by atoms with van der Waals surface area (Å²) in [4.78, 5) is 0. The Morgan fingerprint density at radius 1 is 1.26 bits per heavy atom. The molecule has 0 saturated heterocycles. The van der Waals surface area contributed by atoms with Gasteiger partial charge in [-0.1, -0.05) is 37.6 Å². The van der Waals surface area contributed by atoms with Gasteiger partial charge in [-0.3, -0.25) is 0 Å². The second-order valence-corrected chi connectivity index (χ2v) is 5.80. The maximum absolute atomic E-state index is 13.3. The first-order valence-corrected chi connectivity index (χ1v) is 7.59. The lowest BCUT2D eigenvalue weighted by atomic mass is 9.89. The second-order valence-electron chi connectivity index (χ2n) is 5.39. The Balaban J connectivity index is 2.86. The molecule has 0 aliphatic carbocycles. The zero-order chi connectivity index (χ0) is 17.0. The molecule has 0 fully saturated rings. The highest BCUT2D eigenvalue weighted by Crippen LogP contribution is 2.43. The van der Waals surface area contributed by atoms with E-state index in [0.29, 0.717) is 10.8 Å². The van der Waals surface area contributed by atoms with Gasteiger partial charge in [-0.05, 0) is 46.9 Å². The number of hydrogen-bond donors (Lipinski definition) is 0. The number of rotatable bonds is 4. The first-order valence-electron chi connectivity index (χ1n) is 7.22. The predicted octanol–water partition coefficient (Wildman–Crippen LogP) is 5.81. The number of methoxy groups -OCH3 is 1. The van der Waals surface area contributed by atoms with Crippen molar-refractivity contribution in [2.75, 3.05) is 7.11 Å². The normalized spacial score (nSPS) is 11.0. The van der Waals surface area contributed by atoms with Gasteiger partial charge in [0.25, 0.3) is 0 Å². The average molecular weight is 330 g/mol. The van der Waals surface area contributed by atoms with Crippen LogP contribution in [0.4, 0.5) is 4.39 Å². The van der Waals surface area contributed by atoms with Crippen LogP contribution in [0.15, 0.2) is 36.4 Å². The van der Waals surface area contributed by atoms with E-state index in [1.54, 1.807) is 25.3 Å². The lowest BCUT2D eigenvalue weighted by molar-refractivity contribution is 0.416. The van der Waals surface area contributed by atoms with Crippen molar-refractivity contribution >= 4 is 17.7 Å². The van der Waals surface area contributed by atoms with E-state index >= 15 is 0 Å². The van der Waals surface area contributed by atoms with Crippen molar-refractivity contribution in [3.63, 3.8) is 0 Å². The lowest BCUT2D eigenvalue weighted by Gasteiger charge is -2.20. The molecule has 0 aliphatic rings. The van der Waals surface area contributed by atoms with Gasteiger partial charge in [-0.25, -0.2) is 4.39 Å². The lowest BCUT2D eigenvalue weighted by Crippen LogP contribution is -2.00. The molecule has 0 saturated carbocycles. The van der Waals surface area contributed by atoms with E-state index in [1.165, 1.54) is 18.2 Å². The summed E-state index contributed by atoms with van der Waals surface area (Å²) in [5, 5.41) is 9.38. The second kappa shape index (κ2) is 7.30. The van der Waals surface area contributed by atoms with Crippen molar-refractivity contribution in [2.45, 2.75) is 19.8 Å². The van der Waals surface area contributed by atoms with Crippen LogP contribution in [0.5, 0.6) is 5.75 Å². The van der Waals surface area contributed by atoms with E-state index in [9.17, 15) is 4.39 Å². The van der Waals surface area contributed by atoms with Crippen LogP contribution in [0.2, 0.25) is 5.02 Å². The molecule has 0 bridgehead atoms. The van der Waals surface area contributed by atoms with Crippen LogP contribution in [-0.4, -0.2) is 7.11 Å². The molecule has 0 unspecified atom stereocenters. The molecular weight excluding hydrogens is 313 g/mol. The summed E-state index contributed by atoms with van der Waals surface area (Å²) in [7, 11) is 1.54. The number of nitrogens with zero attached hydrogens (tertiary/aromatic N) is 1. The molecule has 2 rings (SSSR count). The molecule has 0 radical (unpaired) electrons. The van der Waals surface area contributed by atoms with Crippen LogP contribution in [0.25, 0.3) is 17.2 Å². The van der Waals surface area contributed by atoms with Crippen molar-refractivity contribution < 1.29 is 9.13 Å². The van der Waals surface area contributed by atoms with Gasteiger partial charge in [-0.2, -0.15) is 5.26 Å². The van der Waals surface area contributed by atoms with Gasteiger partial charge in [0.15, 0.2) is 0 Å². The van der Waals surface area contributed by atoms with E-state index in [2.05, 4.69) is 13.8 Å². The quantitative estimate of drug-likeness (QED) is 0.662. The molecule has 0 spiro atoms. The third-order valence-corrected chi connectivity index (χ3v) is 3.87. The average Bonchev–Trinajstić information content (AvgIpc) is 2.53. The van der Waals surface area contributed by atoms with Crippen LogP contribution < -0.4 is 4.74 Å². The van der Waals surface area contributed by atoms with E-state index in [-0.39, 0.29) is 11.7 Å². The Bertz CT molecular complexity index is 773. The Morgan fingerprint density at radius 3 is 2.43 bits per heavy atom. The molecule has 2 nitrogen and oxygen atoms in total. The molecule has 118 valence electrons. The highest BCUT2D eigenvalue weighted by atomic mass is 35.5. The van der Waals surface area contributed by atoms with E-state index < -0.39 is 0 Å². The summed E-state index contributed by atoms with van der Waals surface area (Å²) in [5.74, 6) is 0.407. The van der Waals surface area contributed by atoms with Crippen LogP contribution >= 0.6 is 11.6 Å². The molecule has 0 N–H and O–H groups in total. The van der Waals surface area contributed by atoms with Gasteiger partial charge in [0, 0.05) is 11.6 Å². The standard InChI is InChI=1S/C19H17ClFNO/c1-12(2)16-11-17(20)19(23-3)18(15(16)5-4-10-22)13-6-8-14(21)9-7-13/h4-9,11-12H,1-3H3. The summed E-state index contributed by atoms with van der Waals surface area (Å²) in [6.07, 6.45) is 3.16. The molecule has 2 aromatic carbocycles. The van der Waals surface area contributed by atoms with Crippen LogP contribution in [0, 0.1) is 17.1 Å². The van der Waals surface area contributed by atoms with Crippen LogP contribution in [0.3, 0.4) is 0 Å². The van der Waals surface area contributed by atoms with Gasteiger partial charge in [-0.15, -0.1) is 0 Å². The maximum atomic E-state index is 13.3. The van der Waals surface area contributed by atoms with Gasteiger partial charge in [0.05, 0.1) is 18.2 Å². The molecule has 0 aromatic heterocycles. The fraction of sp³-hybridized carbons (Fsp3) is 0.211. The summed E-state index contributed by atoms with van der Waals surface area (Å²) < 4.78 is 18.7. The number of allylic oxidation sites excluding steroid dienone is 1. The fourth-order valence-electron chi connectivity index (χ4n) is 2.55. The Morgan fingerprint density at radius 2 is 1.91 bits per heavy atom. The minimum absolute atomic E-state index is 0.205. The third kappa shape index (κ3) is 3.55. The Labute approximate surface area is 140 Å². The minimum atomic E-state index is -0.312. The van der Waals surface area contributed by atoms with E-state index in [1.807, 2.05) is 12.1 Å². The zero-order valence-corrected chi connectivity index (χ0v) is 14.0. The summed E-state index contributed by atoms with van der Waals surface area (Å²) >= 11 is 6.38. The maximum Gasteiger partial charge on any atom is 0.145 e. The van der Waals surface area contributed by atoms with Gasteiger partial charge in [0.1, 0.15) is 11.6 Å². The van der Waals surface area contributed by atoms with Gasteiger partial charge >= 0.3 is 0 Å². The molecular formula is C19H17ClFNO. The van der Waals surface area contributed by atoms with Crippen LogP contribution in [-0.2, 0) is 0 Å². The molecule has 2 aromatic rings. The molecule has 23 heavy (non-hydrogen) atoms. The first kappa shape index (κ1) is 17.1. The third-order valence-electron chi connectivity index (χ3n) is 3.59. The number of halogens is 2. The molecule has 0 amide bonds. The first-order chi connectivity index (χ1) is 11.0. The number of hydrogen-bond acceptors (Lipinski definition) is 2. The zero-order valence-electron chi connectivity index (χ0n) is 13.2. The van der Waals surface area contributed by atoms with Crippen LogP contribution in [0.1, 0.15) is 30.9 Å². The largest absolute Gasteiger partial charge is 0.495 e. The van der Waals surface area contributed by atoms with Gasteiger partial charge in [0.2, 0.25) is 0 Å². The highest BCUT2D eigenvalue weighted by molar-refractivity contribution is 6.32. The van der Waals surface area contributed by atoms with Crippen molar-refractivity contribution in [3.05, 3.63) is 58.4 Å². The summed E-state index contributed by atoms with van der Waals surface area (Å²) in [5.41, 5.74) is 3.40. The SMILES string of the molecule is COc1c(Cl)cc(C(C)C)c(C=CC#N)c1-c1ccc(F)cc1. The van der Waals surface area contributed by atoms with Crippen molar-refractivity contribution in [1.82, 2.24) is 0 Å². The molecule has 0 heterocycles. The molecule has 0 aliphatic heterocycles. The Hall–Kier alpha value is -2.31. The van der Waals surface area contributed by atoms with Gasteiger partial charge < -0.3 is 4.74 Å². The predicted molar refractivity (Wildman–Crippen MR) is 92.1 cm³/mol. The monoisotopic (exact) mass is 329 g/mol. The Kier molecular flexibility index (Phi) is 5.41. The summed E-state index contributed by atoms with van der Waals surface area (Å²) in [6.45, 7) is 4.10. The summed E-state index contributed by atoms with van der Waals surface area (Å²) in [6, 6.07) is 10.0. The number of nitriles is 1. The van der Waals surface area contributed by atoms with Crippen molar-refractivity contribution in [2.24, 2.45) is 0 Å². The topological polar surface area (TPSA) is 33.0 Å². The number of ether oxygens (including phenoxy) is 1. The smallest absolute Gasteiger partial charge is 0.145 e. The fourth-order valence-corrected chi connectivity index (χ4v) is 2.84. The molecule has 4 heteroatoms. The number of benzene rings is 2. The molecule has 0 atom stereocenters. The minimum Gasteiger partial charge on any atom is -0.495 e. The highest BCUT2D eigenvalue weighted by Gasteiger charge is 2.19. The van der Waals surface area contributed by atoms with E-state index in [4.69, 9.17) is 21.6 Å². The van der Waals surface area contributed by atoms with Crippen molar-refractivity contribution in [1.29, 1.82) is 5.26 Å².